The second kappa shape index (κ2) is 5.47. The molecule has 0 aliphatic carbocycles. The van der Waals surface area contributed by atoms with Crippen LogP contribution in [0.4, 0.5) is 4.39 Å². The third-order valence-electron chi connectivity index (χ3n) is 2.43. The van der Waals surface area contributed by atoms with E-state index < -0.39 is 5.82 Å². The first-order valence-corrected chi connectivity index (χ1v) is 5.59. The highest BCUT2D eigenvalue weighted by molar-refractivity contribution is 6.30. The van der Waals surface area contributed by atoms with Gasteiger partial charge >= 0.3 is 0 Å². The molecule has 0 saturated carbocycles. The molecule has 84 valence electrons. The molecule has 0 bridgehead atoms. The van der Waals surface area contributed by atoms with Crippen molar-refractivity contribution in [3.05, 3.63) is 34.6 Å². The zero-order valence-corrected chi connectivity index (χ0v) is 9.89. The van der Waals surface area contributed by atoms with Gasteiger partial charge in [0.15, 0.2) is 0 Å². The number of hydrogen-bond acceptors (Lipinski definition) is 1. The van der Waals surface area contributed by atoms with Crippen LogP contribution in [0.15, 0.2) is 18.2 Å². The van der Waals surface area contributed by atoms with Crippen molar-refractivity contribution in [3.63, 3.8) is 0 Å². The molecule has 0 amide bonds. The highest BCUT2D eigenvalue weighted by atomic mass is 35.5. The molecule has 0 aliphatic rings. The van der Waals surface area contributed by atoms with Gasteiger partial charge in [-0.15, -0.1) is 0 Å². The Morgan fingerprint density at radius 2 is 2.00 bits per heavy atom. The summed E-state index contributed by atoms with van der Waals surface area (Å²) in [5.74, 6) is 0.239. The lowest BCUT2D eigenvalue weighted by molar-refractivity contribution is 0.506. The molecule has 1 rings (SSSR count). The van der Waals surface area contributed by atoms with E-state index in [1.54, 1.807) is 12.1 Å². The van der Waals surface area contributed by atoms with Gasteiger partial charge in [0, 0.05) is 6.04 Å². The van der Waals surface area contributed by atoms with Crippen molar-refractivity contribution in [3.8, 4) is 0 Å². The number of benzene rings is 1. The quantitative estimate of drug-likeness (QED) is 0.832. The number of halogens is 2. The molecule has 15 heavy (non-hydrogen) atoms. The van der Waals surface area contributed by atoms with Gasteiger partial charge in [-0.2, -0.15) is 0 Å². The maximum atomic E-state index is 12.9. The van der Waals surface area contributed by atoms with Gasteiger partial charge in [-0.3, -0.25) is 0 Å². The van der Waals surface area contributed by atoms with Gasteiger partial charge in [-0.25, -0.2) is 4.39 Å². The van der Waals surface area contributed by atoms with E-state index in [4.69, 9.17) is 17.3 Å². The topological polar surface area (TPSA) is 26.0 Å². The SMILES string of the molecule is CC(C)CC[C@@H](N)c1ccc(F)c(Cl)c1. The Labute approximate surface area is 95.4 Å². The van der Waals surface area contributed by atoms with E-state index in [2.05, 4.69) is 13.8 Å². The number of nitrogens with two attached hydrogens (primary N) is 1. The Balaban J connectivity index is 2.65. The van der Waals surface area contributed by atoms with E-state index in [0.717, 1.165) is 18.4 Å². The predicted molar refractivity (Wildman–Crippen MR) is 62.4 cm³/mol. The molecule has 0 aliphatic heterocycles. The minimum Gasteiger partial charge on any atom is -0.324 e. The van der Waals surface area contributed by atoms with Crippen molar-refractivity contribution in [1.82, 2.24) is 0 Å². The Morgan fingerprint density at radius 3 is 2.53 bits per heavy atom. The van der Waals surface area contributed by atoms with Crippen molar-refractivity contribution in [1.29, 1.82) is 0 Å². The van der Waals surface area contributed by atoms with Crippen LogP contribution in [0, 0.1) is 11.7 Å². The zero-order valence-electron chi connectivity index (χ0n) is 9.13. The fraction of sp³-hybridized carbons (Fsp3) is 0.500. The van der Waals surface area contributed by atoms with Crippen LogP contribution in [-0.4, -0.2) is 0 Å². The van der Waals surface area contributed by atoms with E-state index in [1.165, 1.54) is 6.07 Å². The summed E-state index contributed by atoms with van der Waals surface area (Å²) < 4.78 is 12.9. The van der Waals surface area contributed by atoms with Gasteiger partial charge in [0.1, 0.15) is 5.82 Å². The minimum absolute atomic E-state index is 0.0505. The van der Waals surface area contributed by atoms with Gasteiger partial charge in [-0.1, -0.05) is 31.5 Å². The van der Waals surface area contributed by atoms with E-state index in [0.29, 0.717) is 5.92 Å². The smallest absolute Gasteiger partial charge is 0.141 e. The molecule has 2 N–H and O–H groups in total. The fourth-order valence-corrected chi connectivity index (χ4v) is 1.61. The van der Waals surface area contributed by atoms with Crippen LogP contribution in [0.3, 0.4) is 0 Å². The van der Waals surface area contributed by atoms with Gasteiger partial charge in [0.25, 0.3) is 0 Å². The van der Waals surface area contributed by atoms with Gasteiger partial charge in [0.2, 0.25) is 0 Å². The molecule has 0 fully saturated rings. The van der Waals surface area contributed by atoms with Crippen molar-refractivity contribution in [2.45, 2.75) is 32.7 Å². The molecular formula is C12H17ClFN. The van der Waals surface area contributed by atoms with Crippen LogP contribution in [0.5, 0.6) is 0 Å². The molecule has 0 spiro atoms. The normalized spacial score (nSPS) is 13.2. The van der Waals surface area contributed by atoms with E-state index >= 15 is 0 Å². The van der Waals surface area contributed by atoms with Gasteiger partial charge < -0.3 is 5.73 Å². The van der Waals surface area contributed by atoms with E-state index in [9.17, 15) is 4.39 Å². The molecule has 1 aromatic carbocycles. The lowest BCUT2D eigenvalue weighted by Crippen LogP contribution is -2.11. The Bertz CT molecular complexity index is 325. The maximum Gasteiger partial charge on any atom is 0.141 e. The highest BCUT2D eigenvalue weighted by Gasteiger charge is 2.09. The van der Waals surface area contributed by atoms with Crippen LogP contribution in [0.2, 0.25) is 5.02 Å². The Kier molecular flexibility index (Phi) is 4.55. The second-order valence-electron chi connectivity index (χ2n) is 4.25. The molecule has 1 nitrogen and oxygen atoms in total. The summed E-state index contributed by atoms with van der Waals surface area (Å²) in [4.78, 5) is 0. The van der Waals surface area contributed by atoms with Gasteiger partial charge in [-0.05, 0) is 36.5 Å². The summed E-state index contributed by atoms with van der Waals surface area (Å²) in [7, 11) is 0. The van der Waals surface area contributed by atoms with Crippen LogP contribution < -0.4 is 5.73 Å². The maximum absolute atomic E-state index is 12.9. The molecule has 3 heteroatoms. The zero-order chi connectivity index (χ0) is 11.4. The average molecular weight is 230 g/mol. The van der Waals surface area contributed by atoms with Crippen LogP contribution in [0.25, 0.3) is 0 Å². The number of hydrogen-bond donors (Lipinski definition) is 1. The van der Waals surface area contributed by atoms with Crippen LogP contribution in [-0.2, 0) is 0 Å². The molecule has 0 aromatic heterocycles. The largest absolute Gasteiger partial charge is 0.324 e. The first kappa shape index (κ1) is 12.5. The molecule has 1 atom stereocenters. The third kappa shape index (κ3) is 3.80. The highest BCUT2D eigenvalue weighted by Crippen LogP contribution is 2.23. The Morgan fingerprint density at radius 1 is 1.33 bits per heavy atom. The summed E-state index contributed by atoms with van der Waals surface area (Å²) in [6, 6.07) is 4.63. The summed E-state index contributed by atoms with van der Waals surface area (Å²) in [6.45, 7) is 4.31. The average Bonchev–Trinajstić information content (AvgIpc) is 2.18. The van der Waals surface area contributed by atoms with E-state index in [1.807, 2.05) is 0 Å². The van der Waals surface area contributed by atoms with Crippen molar-refractivity contribution in [2.75, 3.05) is 0 Å². The van der Waals surface area contributed by atoms with Crippen molar-refractivity contribution < 1.29 is 4.39 Å². The van der Waals surface area contributed by atoms with Crippen LogP contribution in [0.1, 0.15) is 38.3 Å². The summed E-state index contributed by atoms with van der Waals surface area (Å²) in [5, 5.41) is 0.146. The first-order chi connectivity index (χ1) is 7.00. The summed E-state index contributed by atoms with van der Waals surface area (Å²) >= 11 is 5.69. The monoisotopic (exact) mass is 229 g/mol. The van der Waals surface area contributed by atoms with Gasteiger partial charge in [0.05, 0.1) is 5.02 Å². The summed E-state index contributed by atoms with van der Waals surface area (Å²) in [6.07, 6.45) is 1.97. The number of rotatable bonds is 4. The first-order valence-electron chi connectivity index (χ1n) is 5.21. The minimum atomic E-state index is -0.392. The van der Waals surface area contributed by atoms with E-state index in [-0.39, 0.29) is 11.1 Å². The lowest BCUT2D eigenvalue weighted by atomic mass is 9.98. The van der Waals surface area contributed by atoms with Crippen LogP contribution >= 0.6 is 11.6 Å². The van der Waals surface area contributed by atoms with Crippen molar-refractivity contribution in [2.24, 2.45) is 11.7 Å². The second-order valence-corrected chi connectivity index (χ2v) is 4.66. The lowest BCUT2D eigenvalue weighted by Gasteiger charge is -2.13. The van der Waals surface area contributed by atoms with Crippen molar-refractivity contribution >= 4 is 11.6 Å². The predicted octanol–water partition coefficient (Wildman–Crippen LogP) is 3.92. The fourth-order valence-electron chi connectivity index (χ4n) is 1.42. The molecule has 0 radical (unpaired) electrons. The third-order valence-corrected chi connectivity index (χ3v) is 2.72. The molecule has 0 saturated heterocycles. The summed E-state index contributed by atoms with van der Waals surface area (Å²) in [5.41, 5.74) is 6.89. The molecule has 0 unspecified atom stereocenters. The standard InChI is InChI=1S/C12H17ClFN/c1-8(2)3-6-12(15)9-4-5-11(14)10(13)7-9/h4-5,7-8,12H,3,6,15H2,1-2H3/t12-/m1/s1. The molecule has 1 aromatic rings. The molecule has 0 heterocycles. The molecular weight excluding hydrogens is 213 g/mol. The Hall–Kier alpha value is -0.600.